The van der Waals surface area contributed by atoms with E-state index in [9.17, 15) is 14.4 Å². The Morgan fingerprint density at radius 3 is 2.53 bits per heavy atom. The minimum Gasteiger partial charge on any atom is -0.464 e. The van der Waals surface area contributed by atoms with Crippen molar-refractivity contribution in [3.63, 3.8) is 0 Å². The molecular weight excluding hydrogens is 484 g/mol. The SMILES string of the molecule is C#CCN(C(=O)c1ccc2c(c1)OCO2)C(C(=O)Nc1c(C)cccc1C)c1coc2ccccc2c1=O. The number of ether oxygens (including phenoxy) is 2. The number of hydrogen-bond acceptors (Lipinski definition) is 6. The van der Waals surface area contributed by atoms with Gasteiger partial charge in [0.1, 0.15) is 17.9 Å². The molecule has 1 N–H and O–H groups in total. The first kappa shape index (κ1) is 24.7. The Bertz CT molecular complexity index is 1650. The van der Waals surface area contributed by atoms with Crippen molar-refractivity contribution in [2.24, 2.45) is 0 Å². The summed E-state index contributed by atoms with van der Waals surface area (Å²) in [5, 5.41) is 3.20. The topological polar surface area (TPSA) is 98.1 Å². The van der Waals surface area contributed by atoms with Gasteiger partial charge in [0.2, 0.25) is 6.79 Å². The second-order valence-electron chi connectivity index (χ2n) is 8.88. The molecular formula is C30H24N2O6. The maximum Gasteiger partial charge on any atom is 0.255 e. The number of aryl methyl sites for hydroxylation is 2. The lowest BCUT2D eigenvalue weighted by Crippen LogP contribution is -2.43. The number of carbonyl (C=O) groups is 2. The molecule has 0 aliphatic carbocycles. The summed E-state index contributed by atoms with van der Waals surface area (Å²) in [4.78, 5) is 42.6. The monoisotopic (exact) mass is 508 g/mol. The fourth-order valence-electron chi connectivity index (χ4n) is 4.51. The smallest absolute Gasteiger partial charge is 0.255 e. The maximum atomic E-state index is 13.9. The molecule has 5 rings (SSSR count). The van der Waals surface area contributed by atoms with Gasteiger partial charge in [-0.3, -0.25) is 14.4 Å². The number of terminal acetylenes is 1. The molecule has 2 amide bonds. The molecule has 1 unspecified atom stereocenters. The van der Waals surface area contributed by atoms with Crippen LogP contribution < -0.4 is 20.2 Å². The lowest BCUT2D eigenvalue weighted by molar-refractivity contribution is -0.120. The van der Waals surface area contributed by atoms with E-state index in [2.05, 4.69) is 11.2 Å². The van der Waals surface area contributed by atoms with Crippen molar-refractivity contribution in [2.75, 3.05) is 18.7 Å². The normalized spacial score (nSPS) is 12.6. The number of rotatable bonds is 6. The Morgan fingerprint density at radius 2 is 1.76 bits per heavy atom. The summed E-state index contributed by atoms with van der Waals surface area (Å²) >= 11 is 0. The van der Waals surface area contributed by atoms with E-state index >= 15 is 0 Å². The lowest BCUT2D eigenvalue weighted by Gasteiger charge is -2.30. The number of nitrogens with one attached hydrogen (secondary N) is 1. The largest absolute Gasteiger partial charge is 0.464 e. The summed E-state index contributed by atoms with van der Waals surface area (Å²) < 4.78 is 16.5. The molecule has 8 nitrogen and oxygen atoms in total. The van der Waals surface area contributed by atoms with Gasteiger partial charge in [-0.15, -0.1) is 6.42 Å². The molecule has 0 bridgehead atoms. The Kier molecular flexibility index (Phi) is 6.58. The molecule has 1 atom stereocenters. The van der Waals surface area contributed by atoms with E-state index in [1.807, 2.05) is 32.0 Å². The first-order chi connectivity index (χ1) is 18.4. The Balaban J connectivity index is 1.64. The van der Waals surface area contributed by atoms with Crippen molar-refractivity contribution in [3.8, 4) is 23.8 Å². The average Bonchev–Trinajstić information content (AvgIpc) is 3.39. The van der Waals surface area contributed by atoms with E-state index in [0.717, 1.165) is 11.1 Å². The lowest BCUT2D eigenvalue weighted by atomic mass is 10.0. The fourth-order valence-corrected chi connectivity index (χ4v) is 4.51. The number of hydrogen-bond donors (Lipinski definition) is 1. The highest BCUT2D eigenvalue weighted by Crippen LogP contribution is 2.34. The third-order valence-electron chi connectivity index (χ3n) is 6.43. The van der Waals surface area contributed by atoms with E-state index in [-0.39, 0.29) is 29.9 Å². The van der Waals surface area contributed by atoms with E-state index in [0.29, 0.717) is 22.8 Å². The molecule has 38 heavy (non-hydrogen) atoms. The zero-order valence-electron chi connectivity index (χ0n) is 20.8. The van der Waals surface area contributed by atoms with Gasteiger partial charge < -0.3 is 24.1 Å². The van der Waals surface area contributed by atoms with Crippen LogP contribution in [0.25, 0.3) is 11.0 Å². The molecule has 8 heteroatoms. The van der Waals surface area contributed by atoms with E-state index in [4.69, 9.17) is 20.3 Å². The molecule has 0 saturated heterocycles. The summed E-state index contributed by atoms with van der Waals surface area (Å²) in [7, 11) is 0. The number of nitrogens with zero attached hydrogens (tertiary/aromatic N) is 1. The first-order valence-corrected chi connectivity index (χ1v) is 11.9. The zero-order chi connectivity index (χ0) is 26.8. The van der Waals surface area contributed by atoms with Gasteiger partial charge in [0.25, 0.3) is 11.8 Å². The van der Waals surface area contributed by atoms with Crippen LogP contribution in [-0.2, 0) is 4.79 Å². The zero-order valence-corrected chi connectivity index (χ0v) is 20.8. The number of carbonyl (C=O) groups excluding carboxylic acids is 2. The highest BCUT2D eigenvalue weighted by molar-refractivity contribution is 6.03. The van der Waals surface area contributed by atoms with E-state index < -0.39 is 23.3 Å². The molecule has 0 fully saturated rings. The Morgan fingerprint density at radius 1 is 1.03 bits per heavy atom. The van der Waals surface area contributed by atoms with Gasteiger partial charge in [0.15, 0.2) is 16.9 Å². The number of fused-ring (bicyclic) bond motifs is 2. The van der Waals surface area contributed by atoms with Crippen molar-refractivity contribution in [2.45, 2.75) is 19.9 Å². The predicted molar refractivity (Wildman–Crippen MR) is 142 cm³/mol. The Labute approximate surface area is 218 Å². The molecule has 1 aliphatic rings. The van der Waals surface area contributed by atoms with Crippen molar-refractivity contribution < 1.29 is 23.5 Å². The summed E-state index contributed by atoms with van der Waals surface area (Å²) in [5.74, 6) is 2.20. The van der Waals surface area contributed by atoms with Gasteiger partial charge in [-0.05, 0) is 55.3 Å². The van der Waals surface area contributed by atoms with Crippen molar-refractivity contribution in [1.82, 2.24) is 4.90 Å². The quantitative estimate of drug-likeness (QED) is 0.383. The van der Waals surface area contributed by atoms with Crippen LogP contribution in [0, 0.1) is 26.2 Å². The summed E-state index contributed by atoms with van der Waals surface area (Å²) in [6, 6.07) is 15.6. The van der Waals surface area contributed by atoms with Gasteiger partial charge in [0.05, 0.1) is 17.5 Å². The molecule has 0 saturated carbocycles. The van der Waals surface area contributed by atoms with Crippen LogP contribution in [0.3, 0.4) is 0 Å². The minimum absolute atomic E-state index is 0.0169. The first-order valence-electron chi connectivity index (χ1n) is 11.9. The number of para-hydroxylation sites is 2. The molecule has 1 aromatic heterocycles. The van der Waals surface area contributed by atoms with Gasteiger partial charge in [0, 0.05) is 11.3 Å². The third-order valence-corrected chi connectivity index (χ3v) is 6.43. The van der Waals surface area contributed by atoms with Crippen molar-refractivity contribution in [3.05, 3.63) is 99.4 Å². The second kappa shape index (κ2) is 10.1. The molecule has 0 spiro atoms. The van der Waals surface area contributed by atoms with E-state index in [1.54, 1.807) is 36.4 Å². The van der Waals surface area contributed by atoms with Crippen molar-refractivity contribution in [1.29, 1.82) is 0 Å². The number of benzene rings is 3. The van der Waals surface area contributed by atoms with Crippen LogP contribution in [0.2, 0.25) is 0 Å². The van der Waals surface area contributed by atoms with Crippen LogP contribution in [0.1, 0.15) is 33.1 Å². The standard InChI is InChI=1S/C30H24N2O6/c1-4-14-32(30(35)20-12-13-24-25(15-20)38-17-37-24)27(29(34)31-26-18(2)8-7-9-19(26)3)22-16-36-23-11-6-5-10-21(23)28(22)33/h1,5-13,15-16,27H,14,17H2,2-3H3,(H,31,34). The number of anilines is 1. The molecule has 3 aromatic carbocycles. The summed E-state index contributed by atoms with van der Waals surface area (Å²) in [5.41, 5.74) is 2.37. The van der Waals surface area contributed by atoms with E-state index in [1.165, 1.54) is 17.2 Å². The summed E-state index contributed by atoms with van der Waals surface area (Å²) in [6.07, 6.45) is 6.88. The molecule has 0 radical (unpaired) electrons. The Hall–Kier alpha value is -5.03. The molecule has 4 aromatic rings. The fraction of sp³-hybridized carbons (Fsp3) is 0.167. The highest BCUT2D eigenvalue weighted by atomic mass is 16.7. The van der Waals surface area contributed by atoms with Gasteiger partial charge in [-0.1, -0.05) is 36.3 Å². The molecule has 190 valence electrons. The average molecular weight is 509 g/mol. The van der Waals surface area contributed by atoms with Crippen LogP contribution in [0.4, 0.5) is 5.69 Å². The van der Waals surface area contributed by atoms with Crippen LogP contribution >= 0.6 is 0 Å². The maximum absolute atomic E-state index is 13.9. The third kappa shape index (κ3) is 4.46. The minimum atomic E-state index is -1.39. The summed E-state index contributed by atoms with van der Waals surface area (Å²) in [6.45, 7) is 3.52. The number of amides is 2. The highest BCUT2D eigenvalue weighted by Gasteiger charge is 2.35. The molecule has 1 aliphatic heterocycles. The van der Waals surface area contributed by atoms with Gasteiger partial charge in [-0.2, -0.15) is 0 Å². The van der Waals surface area contributed by atoms with Crippen molar-refractivity contribution >= 4 is 28.5 Å². The van der Waals surface area contributed by atoms with Crippen LogP contribution in [0.15, 0.2) is 76.1 Å². The van der Waals surface area contributed by atoms with Gasteiger partial charge >= 0.3 is 0 Å². The van der Waals surface area contributed by atoms with Crippen LogP contribution in [0.5, 0.6) is 11.5 Å². The molecule has 2 heterocycles. The second-order valence-corrected chi connectivity index (χ2v) is 8.88. The van der Waals surface area contributed by atoms with Gasteiger partial charge in [-0.25, -0.2) is 0 Å². The van der Waals surface area contributed by atoms with Crippen LogP contribution in [-0.4, -0.2) is 30.1 Å². The predicted octanol–water partition coefficient (Wildman–Crippen LogP) is 4.59.